The molecule has 0 N–H and O–H groups in total. The summed E-state index contributed by atoms with van der Waals surface area (Å²) in [4.78, 5) is 2.79. The van der Waals surface area contributed by atoms with Crippen LogP contribution in [-0.2, 0) is 0 Å². The lowest BCUT2D eigenvalue weighted by Crippen LogP contribution is -2.36. The fourth-order valence-electron chi connectivity index (χ4n) is 1.23. The average Bonchev–Trinajstić information content (AvgIpc) is 2.13. The van der Waals surface area contributed by atoms with E-state index in [4.69, 9.17) is 0 Å². The minimum Gasteiger partial charge on any atom is -0.285 e. The van der Waals surface area contributed by atoms with Crippen molar-refractivity contribution in [3.63, 3.8) is 0 Å². The van der Waals surface area contributed by atoms with E-state index in [-0.39, 0.29) is 0 Å². The standard InChI is InChI=1S/C8H15NS/c1-4-5-9-6-7-10-8(9,2)3/h4H,1,5-7H2,2-3H3. The SMILES string of the molecule is C=CCN1CCSC1(C)C. The summed E-state index contributed by atoms with van der Waals surface area (Å²) in [6.45, 7) is 10.5. The molecule has 2 heteroatoms. The third-order valence-electron chi connectivity index (χ3n) is 1.93. The molecule has 1 nitrogen and oxygen atoms in total. The molecule has 0 aromatic carbocycles. The van der Waals surface area contributed by atoms with Crippen LogP contribution in [0.4, 0.5) is 0 Å². The van der Waals surface area contributed by atoms with Crippen LogP contribution in [0.15, 0.2) is 12.7 Å². The van der Waals surface area contributed by atoms with Crippen LogP contribution in [-0.4, -0.2) is 28.6 Å². The fraction of sp³-hybridized carbons (Fsp3) is 0.750. The normalized spacial score (nSPS) is 25.0. The number of nitrogens with zero attached hydrogens (tertiary/aromatic N) is 1. The summed E-state index contributed by atoms with van der Waals surface area (Å²) in [5.74, 6) is 1.26. The summed E-state index contributed by atoms with van der Waals surface area (Å²) in [7, 11) is 0. The molecule has 0 aromatic rings. The van der Waals surface area contributed by atoms with E-state index in [0.717, 1.165) is 6.54 Å². The van der Waals surface area contributed by atoms with E-state index in [1.54, 1.807) is 0 Å². The van der Waals surface area contributed by atoms with Gasteiger partial charge in [-0.3, -0.25) is 4.90 Å². The van der Waals surface area contributed by atoms with Gasteiger partial charge in [0.2, 0.25) is 0 Å². The van der Waals surface area contributed by atoms with Crippen LogP contribution in [0.1, 0.15) is 13.8 Å². The fourth-order valence-corrected chi connectivity index (χ4v) is 2.39. The maximum absolute atomic E-state index is 3.74. The van der Waals surface area contributed by atoms with Crippen molar-refractivity contribution < 1.29 is 0 Å². The molecule has 1 fully saturated rings. The highest BCUT2D eigenvalue weighted by Crippen LogP contribution is 2.34. The molecule has 1 rings (SSSR count). The zero-order valence-corrected chi connectivity index (χ0v) is 7.58. The van der Waals surface area contributed by atoms with Gasteiger partial charge in [0.25, 0.3) is 0 Å². The van der Waals surface area contributed by atoms with Crippen molar-refractivity contribution in [1.82, 2.24) is 4.90 Å². The van der Waals surface area contributed by atoms with Crippen LogP contribution in [0, 0.1) is 0 Å². The van der Waals surface area contributed by atoms with Crippen LogP contribution in [0.5, 0.6) is 0 Å². The molecule has 0 atom stereocenters. The molecule has 0 saturated carbocycles. The van der Waals surface area contributed by atoms with Gasteiger partial charge in [-0.2, -0.15) is 0 Å². The topological polar surface area (TPSA) is 3.24 Å². The van der Waals surface area contributed by atoms with E-state index in [2.05, 4.69) is 25.3 Å². The van der Waals surface area contributed by atoms with E-state index < -0.39 is 0 Å². The summed E-state index contributed by atoms with van der Waals surface area (Å²) >= 11 is 2.03. The summed E-state index contributed by atoms with van der Waals surface area (Å²) in [5.41, 5.74) is 0. The third-order valence-corrected chi connectivity index (χ3v) is 3.28. The Morgan fingerprint density at radius 3 is 2.80 bits per heavy atom. The van der Waals surface area contributed by atoms with Gasteiger partial charge in [-0.15, -0.1) is 18.3 Å². The lowest BCUT2D eigenvalue weighted by Gasteiger charge is -2.28. The van der Waals surface area contributed by atoms with Gasteiger partial charge in [0.15, 0.2) is 0 Å². The highest BCUT2D eigenvalue weighted by molar-refractivity contribution is 8.00. The Bertz CT molecular complexity index is 131. The first-order valence-corrected chi connectivity index (χ1v) is 4.65. The Labute approximate surface area is 67.5 Å². The second-order valence-electron chi connectivity index (χ2n) is 3.03. The van der Waals surface area contributed by atoms with E-state index in [1.807, 2.05) is 17.8 Å². The molecular weight excluding hydrogens is 142 g/mol. The van der Waals surface area contributed by atoms with Gasteiger partial charge in [-0.25, -0.2) is 0 Å². The molecule has 58 valence electrons. The van der Waals surface area contributed by atoms with Crippen LogP contribution >= 0.6 is 11.8 Å². The Balaban J connectivity index is 2.50. The maximum Gasteiger partial charge on any atom is 0.0616 e. The van der Waals surface area contributed by atoms with Crippen LogP contribution in [0.25, 0.3) is 0 Å². The zero-order valence-electron chi connectivity index (χ0n) is 6.76. The van der Waals surface area contributed by atoms with Crippen LogP contribution < -0.4 is 0 Å². The van der Waals surface area contributed by atoms with Crippen molar-refractivity contribution in [2.24, 2.45) is 0 Å². The Kier molecular flexibility index (Phi) is 2.42. The molecule has 0 aliphatic carbocycles. The maximum atomic E-state index is 3.74. The first kappa shape index (κ1) is 8.15. The lowest BCUT2D eigenvalue weighted by atomic mass is 10.3. The minimum atomic E-state index is 0.341. The molecule has 10 heavy (non-hydrogen) atoms. The highest BCUT2D eigenvalue weighted by atomic mass is 32.2. The first-order chi connectivity index (χ1) is 4.67. The number of rotatable bonds is 2. The molecule has 0 radical (unpaired) electrons. The Morgan fingerprint density at radius 1 is 1.70 bits per heavy atom. The van der Waals surface area contributed by atoms with Gasteiger partial charge in [-0.05, 0) is 13.8 Å². The predicted molar refractivity (Wildman–Crippen MR) is 48.3 cm³/mol. The van der Waals surface area contributed by atoms with E-state index >= 15 is 0 Å². The van der Waals surface area contributed by atoms with Gasteiger partial charge in [0.1, 0.15) is 0 Å². The van der Waals surface area contributed by atoms with Crippen molar-refractivity contribution in [1.29, 1.82) is 0 Å². The molecule has 1 saturated heterocycles. The number of hydrogen-bond donors (Lipinski definition) is 0. The van der Waals surface area contributed by atoms with Crippen molar-refractivity contribution >= 4 is 11.8 Å². The molecule has 1 heterocycles. The molecule has 0 unspecified atom stereocenters. The smallest absolute Gasteiger partial charge is 0.0616 e. The second kappa shape index (κ2) is 2.97. The van der Waals surface area contributed by atoms with Crippen molar-refractivity contribution in [2.75, 3.05) is 18.8 Å². The van der Waals surface area contributed by atoms with Crippen molar-refractivity contribution in [3.05, 3.63) is 12.7 Å². The predicted octanol–water partition coefficient (Wildman–Crippen LogP) is 1.96. The van der Waals surface area contributed by atoms with E-state index in [1.165, 1.54) is 12.3 Å². The van der Waals surface area contributed by atoms with E-state index in [9.17, 15) is 0 Å². The molecule has 0 aromatic heterocycles. The first-order valence-electron chi connectivity index (χ1n) is 3.67. The molecule has 1 aliphatic heterocycles. The monoisotopic (exact) mass is 157 g/mol. The third kappa shape index (κ3) is 1.55. The van der Waals surface area contributed by atoms with Crippen molar-refractivity contribution in [2.45, 2.75) is 18.7 Å². The number of thioether (sulfide) groups is 1. The van der Waals surface area contributed by atoms with Crippen LogP contribution in [0.3, 0.4) is 0 Å². The molecule has 0 spiro atoms. The second-order valence-corrected chi connectivity index (χ2v) is 4.73. The van der Waals surface area contributed by atoms with Gasteiger partial charge in [0, 0.05) is 18.8 Å². The largest absolute Gasteiger partial charge is 0.285 e. The van der Waals surface area contributed by atoms with Gasteiger partial charge in [-0.1, -0.05) is 6.08 Å². The average molecular weight is 157 g/mol. The minimum absolute atomic E-state index is 0.341. The molecular formula is C8H15NS. The quantitative estimate of drug-likeness (QED) is 0.564. The van der Waals surface area contributed by atoms with Crippen LogP contribution in [0.2, 0.25) is 0 Å². The summed E-state index contributed by atoms with van der Waals surface area (Å²) in [5, 5.41) is 0. The molecule has 0 amide bonds. The summed E-state index contributed by atoms with van der Waals surface area (Å²) in [6.07, 6.45) is 1.98. The Hall–Kier alpha value is 0.0500. The van der Waals surface area contributed by atoms with Crippen molar-refractivity contribution in [3.8, 4) is 0 Å². The highest BCUT2D eigenvalue weighted by Gasteiger charge is 2.31. The lowest BCUT2D eigenvalue weighted by molar-refractivity contribution is 0.250. The van der Waals surface area contributed by atoms with E-state index in [0.29, 0.717) is 4.87 Å². The Morgan fingerprint density at radius 2 is 2.40 bits per heavy atom. The van der Waals surface area contributed by atoms with Gasteiger partial charge < -0.3 is 0 Å². The molecule has 0 bridgehead atoms. The summed E-state index contributed by atoms with van der Waals surface area (Å²) < 4.78 is 0. The molecule has 1 aliphatic rings. The van der Waals surface area contributed by atoms with Gasteiger partial charge in [0.05, 0.1) is 4.87 Å². The number of hydrogen-bond acceptors (Lipinski definition) is 2. The summed E-state index contributed by atoms with van der Waals surface area (Å²) in [6, 6.07) is 0. The van der Waals surface area contributed by atoms with Gasteiger partial charge >= 0.3 is 0 Å². The zero-order chi connectivity index (χ0) is 7.61.